The van der Waals surface area contributed by atoms with Crippen LogP contribution in [0.15, 0.2) is 83.4 Å². The molecule has 0 saturated heterocycles. The van der Waals surface area contributed by atoms with Crippen LogP contribution in [0.2, 0.25) is 0 Å². The van der Waals surface area contributed by atoms with Crippen molar-refractivity contribution < 1.29 is 23.2 Å². The Balaban J connectivity index is 1.34. The van der Waals surface area contributed by atoms with Gasteiger partial charge in [-0.1, -0.05) is 47.6 Å². The molecule has 162 valence electrons. The third-order valence-electron chi connectivity index (χ3n) is 4.46. The maximum atomic E-state index is 13.0. The first-order valence-corrected chi connectivity index (χ1v) is 9.91. The Labute approximate surface area is 183 Å². The zero-order valence-electron chi connectivity index (χ0n) is 17.0. The second kappa shape index (κ2) is 10.2. The van der Waals surface area contributed by atoms with E-state index in [0.717, 1.165) is 5.56 Å². The minimum Gasteiger partial charge on any atom is -0.484 e. The maximum absolute atomic E-state index is 13.0. The molecule has 0 fully saturated rings. The highest BCUT2D eigenvalue weighted by Gasteiger charge is 2.15. The van der Waals surface area contributed by atoms with Crippen LogP contribution in [0.25, 0.3) is 11.4 Å². The summed E-state index contributed by atoms with van der Waals surface area (Å²) in [4.78, 5) is 16.5. The van der Waals surface area contributed by atoms with Gasteiger partial charge in [0, 0.05) is 6.54 Å². The lowest BCUT2D eigenvalue weighted by Gasteiger charge is -2.10. The van der Waals surface area contributed by atoms with Gasteiger partial charge in [0.1, 0.15) is 17.3 Å². The Kier molecular flexibility index (Phi) is 6.72. The van der Waals surface area contributed by atoms with E-state index in [4.69, 9.17) is 14.0 Å². The van der Waals surface area contributed by atoms with Gasteiger partial charge < -0.3 is 19.3 Å². The minimum absolute atomic E-state index is 0.0313. The monoisotopic (exact) mass is 433 g/mol. The molecule has 7 nitrogen and oxygen atoms in total. The predicted molar refractivity (Wildman–Crippen MR) is 114 cm³/mol. The molecule has 1 amide bonds. The Morgan fingerprint density at radius 1 is 0.938 bits per heavy atom. The van der Waals surface area contributed by atoms with Gasteiger partial charge in [-0.25, -0.2) is 4.39 Å². The van der Waals surface area contributed by atoms with Gasteiger partial charge in [0.15, 0.2) is 13.2 Å². The zero-order valence-corrected chi connectivity index (χ0v) is 17.0. The van der Waals surface area contributed by atoms with Crippen LogP contribution in [-0.4, -0.2) is 22.7 Å². The second-order valence-corrected chi connectivity index (χ2v) is 6.80. The Morgan fingerprint density at radius 3 is 2.50 bits per heavy atom. The van der Waals surface area contributed by atoms with E-state index in [0.29, 0.717) is 29.4 Å². The summed E-state index contributed by atoms with van der Waals surface area (Å²) in [6.45, 7) is 0.304. The van der Waals surface area contributed by atoms with Gasteiger partial charge in [0.25, 0.3) is 11.8 Å². The minimum atomic E-state index is -0.345. The van der Waals surface area contributed by atoms with Gasteiger partial charge in [0.2, 0.25) is 5.82 Å². The van der Waals surface area contributed by atoms with Crippen LogP contribution in [0.4, 0.5) is 4.39 Å². The van der Waals surface area contributed by atoms with Gasteiger partial charge >= 0.3 is 0 Å². The van der Waals surface area contributed by atoms with E-state index in [9.17, 15) is 9.18 Å². The molecule has 8 heteroatoms. The Morgan fingerprint density at radius 2 is 1.69 bits per heavy atom. The van der Waals surface area contributed by atoms with Crippen molar-refractivity contribution in [2.75, 3.05) is 6.61 Å². The van der Waals surface area contributed by atoms with E-state index in [1.165, 1.54) is 24.3 Å². The molecule has 0 aliphatic heterocycles. The molecule has 0 aliphatic carbocycles. The third kappa shape index (κ3) is 5.69. The highest BCUT2D eigenvalue weighted by atomic mass is 19.1. The first-order chi connectivity index (χ1) is 15.7. The maximum Gasteiger partial charge on any atom is 0.264 e. The molecule has 1 N–H and O–H groups in total. The fourth-order valence-electron chi connectivity index (χ4n) is 2.87. The first-order valence-electron chi connectivity index (χ1n) is 9.91. The smallest absolute Gasteiger partial charge is 0.264 e. The molecule has 0 atom stereocenters. The number of hydrogen-bond donors (Lipinski definition) is 1. The summed E-state index contributed by atoms with van der Waals surface area (Å²) >= 11 is 0. The van der Waals surface area contributed by atoms with Crippen molar-refractivity contribution >= 4 is 5.91 Å². The fraction of sp³-hybridized carbons (Fsp3) is 0.125. The number of halogens is 1. The van der Waals surface area contributed by atoms with Crippen LogP contribution >= 0.6 is 0 Å². The summed E-state index contributed by atoms with van der Waals surface area (Å²) in [5.41, 5.74) is 1.59. The number of para-hydroxylation sites is 1. The molecule has 1 aromatic heterocycles. The number of nitrogens with one attached hydrogen (secondary N) is 1. The summed E-state index contributed by atoms with van der Waals surface area (Å²) in [6.07, 6.45) is 0. The van der Waals surface area contributed by atoms with Crippen molar-refractivity contribution in [2.45, 2.75) is 13.2 Å². The lowest BCUT2D eigenvalue weighted by atomic mass is 10.2. The van der Waals surface area contributed by atoms with E-state index >= 15 is 0 Å². The Hall–Kier alpha value is -4.20. The Bertz CT molecular complexity index is 1160. The summed E-state index contributed by atoms with van der Waals surface area (Å²) in [5.74, 6) is 0.904. The molecular formula is C24H20FN3O4. The quantitative estimate of drug-likeness (QED) is 0.427. The molecule has 0 radical (unpaired) electrons. The number of benzene rings is 3. The molecule has 0 unspecified atom stereocenters. The molecular weight excluding hydrogens is 413 g/mol. The number of carbonyl (C=O) groups is 1. The summed E-state index contributed by atoms with van der Waals surface area (Å²) in [7, 11) is 0. The van der Waals surface area contributed by atoms with Gasteiger partial charge in [-0.2, -0.15) is 4.98 Å². The van der Waals surface area contributed by atoms with Gasteiger partial charge in [-0.15, -0.1) is 0 Å². The first kappa shape index (κ1) is 21.0. The topological polar surface area (TPSA) is 86.5 Å². The molecule has 0 saturated carbocycles. The molecule has 32 heavy (non-hydrogen) atoms. The van der Waals surface area contributed by atoms with Crippen LogP contribution in [0.1, 0.15) is 11.5 Å². The van der Waals surface area contributed by atoms with E-state index < -0.39 is 0 Å². The van der Waals surface area contributed by atoms with Gasteiger partial charge in [-0.3, -0.25) is 4.79 Å². The lowest BCUT2D eigenvalue weighted by Crippen LogP contribution is -2.28. The summed E-state index contributed by atoms with van der Waals surface area (Å²) in [5, 5.41) is 6.78. The number of ether oxygens (including phenoxy) is 2. The molecule has 0 bridgehead atoms. The van der Waals surface area contributed by atoms with Crippen molar-refractivity contribution in [1.29, 1.82) is 0 Å². The summed E-state index contributed by atoms with van der Waals surface area (Å²) < 4.78 is 29.4. The van der Waals surface area contributed by atoms with E-state index in [1.54, 1.807) is 18.2 Å². The van der Waals surface area contributed by atoms with Crippen molar-refractivity contribution in [1.82, 2.24) is 15.5 Å². The van der Waals surface area contributed by atoms with Crippen LogP contribution in [0.5, 0.6) is 11.5 Å². The fourth-order valence-corrected chi connectivity index (χ4v) is 2.87. The van der Waals surface area contributed by atoms with Crippen molar-refractivity contribution in [3.63, 3.8) is 0 Å². The zero-order chi connectivity index (χ0) is 22.2. The molecule has 0 aliphatic rings. The SMILES string of the molecule is O=C(COc1ccccc1-c1noc(COc2ccc(F)cc2)n1)NCc1ccccc1. The standard InChI is InChI=1S/C24H20FN3O4/c25-18-10-12-19(13-11-18)30-16-23-27-24(28-32-23)20-8-4-5-9-21(20)31-15-22(29)26-14-17-6-2-1-3-7-17/h1-13H,14-16H2,(H,26,29). The second-order valence-electron chi connectivity index (χ2n) is 6.80. The third-order valence-corrected chi connectivity index (χ3v) is 4.46. The number of carbonyl (C=O) groups excluding carboxylic acids is 1. The highest BCUT2D eigenvalue weighted by Crippen LogP contribution is 2.27. The van der Waals surface area contributed by atoms with E-state index in [2.05, 4.69) is 15.5 Å². The van der Waals surface area contributed by atoms with Gasteiger partial charge in [-0.05, 0) is 42.0 Å². The van der Waals surface area contributed by atoms with Gasteiger partial charge in [0.05, 0.1) is 5.56 Å². The predicted octanol–water partition coefficient (Wildman–Crippen LogP) is 4.15. The molecule has 3 aromatic carbocycles. The van der Waals surface area contributed by atoms with E-state index in [1.807, 2.05) is 36.4 Å². The number of rotatable bonds is 9. The van der Waals surface area contributed by atoms with Crippen molar-refractivity contribution in [3.8, 4) is 22.9 Å². The van der Waals surface area contributed by atoms with Crippen molar-refractivity contribution in [2.24, 2.45) is 0 Å². The molecule has 4 rings (SSSR count). The highest BCUT2D eigenvalue weighted by molar-refractivity contribution is 5.78. The number of nitrogens with zero attached hydrogens (tertiary/aromatic N) is 2. The van der Waals surface area contributed by atoms with Crippen LogP contribution in [-0.2, 0) is 17.9 Å². The summed E-state index contributed by atoms with van der Waals surface area (Å²) in [6, 6.07) is 22.3. The largest absolute Gasteiger partial charge is 0.484 e. The number of amides is 1. The molecule has 1 heterocycles. The van der Waals surface area contributed by atoms with Crippen LogP contribution < -0.4 is 14.8 Å². The average molecular weight is 433 g/mol. The van der Waals surface area contributed by atoms with E-state index in [-0.39, 0.29) is 30.8 Å². The lowest BCUT2D eigenvalue weighted by molar-refractivity contribution is -0.123. The number of hydrogen-bond acceptors (Lipinski definition) is 6. The average Bonchev–Trinajstić information content (AvgIpc) is 3.31. The molecule has 4 aromatic rings. The normalized spacial score (nSPS) is 10.5. The van der Waals surface area contributed by atoms with Crippen LogP contribution in [0, 0.1) is 5.82 Å². The molecule has 0 spiro atoms. The van der Waals surface area contributed by atoms with Crippen LogP contribution in [0.3, 0.4) is 0 Å². The van der Waals surface area contributed by atoms with Crippen molar-refractivity contribution in [3.05, 3.63) is 96.1 Å². The number of aromatic nitrogens is 2.